The van der Waals surface area contributed by atoms with Crippen LogP contribution in [-0.2, 0) is 14.4 Å². The van der Waals surface area contributed by atoms with Crippen molar-refractivity contribution in [2.75, 3.05) is 26.2 Å². The lowest BCUT2D eigenvalue weighted by atomic mass is 9.92. The number of carbonyl (C=O) groups excluding carboxylic acids is 3. The first-order valence-corrected chi connectivity index (χ1v) is 14.4. The molecule has 0 unspecified atom stereocenters. The van der Waals surface area contributed by atoms with Gasteiger partial charge in [0.15, 0.2) is 0 Å². The summed E-state index contributed by atoms with van der Waals surface area (Å²) < 4.78 is 5.98. The molecule has 10 heteroatoms. The number of benzene rings is 1. The minimum Gasteiger partial charge on any atom is -0.490 e. The van der Waals surface area contributed by atoms with Gasteiger partial charge in [-0.2, -0.15) is 0 Å². The van der Waals surface area contributed by atoms with Gasteiger partial charge in [0, 0.05) is 25.1 Å². The molecule has 1 aromatic carbocycles. The van der Waals surface area contributed by atoms with E-state index in [1.165, 1.54) is 6.92 Å². The molecule has 0 radical (unpaired) electrons. The molecule has 214 valence electrons. The van der Waals surface area contributed by atoms with Crippen LogP contribution < -0.4 is 15.5 Å². The number of hydrazine groups is 1. The smallest absolute Gasteiger partial charge is 0.322 e. The molecule has 2 saturated heterocycles. The Morgan fingerprint density at radius 1 is 1.05 bits per heavy atom. The van der Waals surface area contributed by atoms with Gasteiger partial charge in [-0.3, -0.25) is 19.2 Å². The molecule has 0 spiro atoms. The third-order valence-electron chi connectivity index (χ3n) is 8.17. The lowest BCUT2D eigenvalue weighted by molar-refractivity contribution is -0.144. The highest BCUT2D eigenvalue weighted by Crippen LogP contribution is 2.26. The first kappa shape index (κ1) is 29.0. The number of likely N-dealkylation sites (tertiary alicyclic amines) is 1. The molecule has 2 atom stereocenters. The molecular weight excluding hydrogens is 500 g/mol. The van der Waals surface area contributed by atoms with E-state index in [9.17, 15) is 24.3 Å². The summed E-state index contributed by atoms with van der Waals surface area (Å²) in [6.07, 6.45) is 9.13. The topological polar surface area (TPSA) is 128 Å². The van der Waals surface area contributed by atoms with Crippen LogP contribution in [0.25, 0.3) is 0 Å². The molecule has 2 heterocycles. The molecular formula is C29H42N4O6. The number of carboxylic acids is 1. The fourth-order valence-corrected chi connectivity index (χ4v) is 5.72. The van der Waals surface area contributed by atoms with Gasteiger partial charge in [0.25, 0.3) is 5.91 Å². The van der Waals surface area contributed by atoms with Gasteiger partial charge in [0.2, 0.25) is 11.8 Å². The molecule has 3 N–H and O–H groups in total. The summed E-state index contributed by atoms with van der Waals surface area (Å²) in [5, 5.41) is 13.6. The van der Waals surface area contributed by atoms with E-state index >= 15 is 0 Å². The molecule has 3 amide bonds. The number of ether oxygens (including phenoxy) is 1. The van der Waals surface area contributed by atoms with Gasteiger partial charge in [-0.1, -0.05) is 0 Å². The summed E-state index contributed by atoms with van der Waals surface area (Å²) >= 11 is 0. The van der Waals surface area contributed by atoms with Gasteiger partial charge in [-0.25, -0.2) is 10.4 Å². The zero-order valence-electron chi connectivity index (χ0n) is 22.9. The Morgan fingerprint density at radius 3 is 2.41 bits per heavy atom. The number of amides is 3. The first-order valence-electron chi connectivity index (χ1n) is 14.4. The summed E-state index contributed by atoms with van der Waals surface area (Å²) in [5.74, 6) is -1.68. The zero-order valence-corrected chi connectivity index (χ0v) is 22.9. The molecule has 3 aliphatic rings. The van der Waals surface area contributed by atoms with Crippen LogP contribution in [0.3, 0.4) is 0 Å². The van der Waals surface area contributed by atoms with Gasteiger partial charge in [-0.05, 0) is 108 Å². The highest BCUT2D eigenvalue weighted by molar-refractivity contribution is 6.05. The Hall–Kier alpha value is -2.98. The molecule has 3 fully saturated rings. The maximum absolute atomic E-state index is 13.6. The second-order valence-corrected chi connectivity index (χ2v) is 11.1. The number of piperidine rings is 2. The summed E-state index contributed by atoms with van der Waals surface area (Å²) in [5.41, 5.74) is 2.84. The molecule has 0 bridgehead atoms. The van der Waals surface area contributed by atoms with Gasteiger partial charge in [0.05, 0.1) is 12.0 Å². The highest BCUT2D eigenvalue weighted by atomic mass is 16.5. The number of rotatable bonds is 10. The average Bonchev–Trinajstić information content (AvgIpc) is 3.48. The predicted octanol–water partition coefficient (Wildman–Crippen LogP) is 2.97. The lowest BCUT2D eigenvalue weighted by Crippen LogP contribution is -2.56. The molecule has 2 aliphatic heterocycles. The van der Waals surface area contributed by atoms with Gasteiger partial charge in [0.1, 0.15) is 11.8 Å². The minimum absolute atomic E-state index is 0.0358. The van der Waals surface area contributed by atoms with Crippen molar-refractivity contribution in [1.82, 2.24) is 20.7 Å². The summed E-state index contributed by atoms with van der Waals surface area (Å²) in [4.78, 5) is 53.3. The van der Waals surface area contributed by atoms with Crippen LogP contribution in [0.2, 0.25) is 0 Å². The van der Waals surface area contributed by atoms with Gasteiger partial charge < -0.3 is 20.1 Å². The molecule has 1 aliphatic carbocycles. The third-order valence-corrected chi connectivity index (χ3v) is 8.17. The van der Waals surface area contributed by atoms with Crippen LogP contribution in [0.1, 0.15) is 81.5 Å². The van der Waals surface area contributed by atoms with Gasteiger partial charge in [-0.15, -0.1) is 0 Å². The van der Waals surface area contributed by atoms with Crippen molar-refractivity contribution >= 4 is 23.7 Å². The Kier molecular flexibility index (Phi) is 10.3. The number of carboxylic acid groups (broad SMARTS) is 1. The number of carbonyl (C=O) groups is 4. The van der Waals surface area contributed by atoms with E-state index in [0.29, 0.717) is 37.5 Å². The average molecular weight is 543 g/mol. The second-order valence-electron chi connectivity index (χ2n) is 11.1. The van der Waals surface area contributed by atoms with E-state index in [2.05, 4.69) is 10.7 Å². The number of hydrogen-bond acceptors (Lipinski definition) is 7. The van der Waals surface area contributed by atoms with Gasteiger partial charge >= 0.3 is 5.97 Å². The van der Waals surface area contributed by atoms with Crippen LogP contribution in [0.15, 0.2) is 24.3 Å². The fraction of sp³-hybridized carbons (Fsp3) is 0.655. The number of nitrogens with zero attached hydrogens (tertiary/aromatic N) is 2. The van der Waals surface area contributed by atoms with E-state index in [1.807, 2.05) is 0 Å². The van der Waals surface area contributed by atoms with Crippen LogP contribution >= 0.6 is 0 Å². The predicted molar refractivity (Wildman–Crippen MR) is 145 cm³/mol. The maximum atomic E-state index is 13.6. The lowest BCUT2D eigenvalue weighted by Gasteiger charge is -2.35. The fourth-order valence-electron chi connectivity index (χ4n) is 5.72. The highest BCUT2D eigenvalue weighted by Gasteiger charge is 2.36. The van der Waals surface area contributed by atoms with Crippen LogP contribution in [0, 0.1) is 11.8 Å². The largest absolute Gasteiger partial charge is 0.490 e. The van der Waals surface area contributed by atoms with Crippen molar-refractivity contribution in [2.24, 2.45) is 11.8 Å². The normalized spacial score (nSPS) is 21.4. The summed E-state index contributed by atoms with van der Waals surface area (Å²) in [6, 6.07) is 5.44. The van der Waals surface area contributed by atoms with E-state index in [4.69, 9.17) is 4.74 Å². The molecule has 1 saturated carbocycles. The maximum Gasteiger partial charge on any atom is 0.322 e. The number of aliphatic carboxylic acids is 1. The van der Waals surface area contributed by atoms with E-state index in [1.54, 1.807) is 29.2 Å². The first-order chi connectivity index (χ1) is 18.8. The molecule has 0 aromatic heterocycles. The zero-order chi connectivity index (χ0) is 27.8. The monoisotopic (exact) mass is 542 g/mol. The Morgan fingerprint density at radius 2 is 1.74 bits per heavy atom. The van der Waals surface area contributed by atoms with E-state index < -0.39 is 29.7 Å². The van der Waals surface area contributed by atoms with E-state index in [-0.39, 0.29) is 24.1 Å². The standard InChI is InChI=1S/C29H42N4O6/c1-20(29(37)38)31-33(27(35)22-9-11-25(12-10-22)39-24-6-2-3-7-24)28(36)23-5-4-18-32(19-23)26(34)13-8-21-14-16-30-17-15-21/h9-12,20-21,23-24,30-31H,2-8,13-19H2,1H3,(H,37,38)/t20-,23-/m1/s1. The Labute approximate surface area is 230 Å². The van der Waals surface area contributed by atoms with Crippen molar-refractivity contribution in [2.45, 2.75) is 83.3 Å². The van der Waals surface area contributed by atoms with Crippen molar-refractivity contribution < 1.29 is 29.0 Å². The minimum atomic E-state index is -1.18. The van der Waals surface area contributed by atoms with Crippen molar-refractivity contribution in [3.8, 4) is 5.75 Å². The molecule has 1 aromatic rings. The van der Waals surface area contributed by atoms with Crippen LogP contribution in [0.4, 0.5) is 0 Å². The quantitative estimate of drug-likeness (QED) is 0.304. The number of hydrogen-bond donors (Lipinski definition) is 3. The van der Waals surface area contributed by atoms with Crippen molar-refractivity contribution in [1.29, 1.82) is 0 Å². The number of nitrogens with one attached hydrogen (secondary N) is 2. The second kappa shape index (κ2) is 13.9. The molecule has 4 rings (SSSR count). The van der Waals surface area contributed by atoms with E-state index in [0.717, 1.165) is 63.0 Å². The summed E-state index contributed by atoms with van der Waals surface area (Å²) in [7, 11) is 0. The third kappa shape index (κ3) is 8.02. The number of imide groups is 1. The van der Waals surface area contributed by atoms with Crippen molar-refractivity contribution in [3.05, 3.63) is 29.8 Å². The Balaban J connectivity index is 1.40. The van der Waals surface area contributed by atoms with Crippen LogP contribution in [0.5, 0.6) is 5.75 Å². The summed E-state index contributed by atoms with van der Waals surface area (Å²) in [6.45, 7) is 4.17. The molecule has 39 heavy (non-hydrogen) atoms. The SMILES string of the molecule is C[C@@H](NN(C(=O)c1ccc(OC2CCCC2)cc1)C(=O)[C@@H]1CCCN(C(=O)CCC2CCNCC2)C1)C(=O)O. The van der Waals surface area contributed by atoms with Crippen LogP contribution in [-0.4, -0.2) is 77.0 Å². The van der Waals surface area contributed by atoms with Crippen molar-refractivity contribution in [3.63, 3.8) is 0 Å². The Bertz CT molecular complexity index is 1000. The molecule has 10 nitrogen and oxygen atoms in total.